The molecule has 1 saturated heterocycles. The van der Waals surface area contributed by atoms with Crippen LogP contribution >= 0.6 is 0 Å². The van der Waals surface area contributed by atoms with Crippen LogP contribution in [0.1, 0.15) is 32.3 Å². The summed E-state index contributed by atoms with van der Waals surface area (Å²) in [5, 5.41) is 1.51. The molecule has 2 atom stereocenters. The van der Waals surface area contributed by atoms with Crippen LogP contribution in [0, 0.1) is 0 Å². The SMILES string of the molecule is CC(=O)N1OC(CCc2ccccc2)CC1C. The molecule has 0 N–H and O–H groups in total. The molecule has 1 aromatic carbocycles. The first kappa shape index (κ1) is 12.1. The monoisotopic (exact) mass is 233 g/mol. The lowest BCUT2D eigenvalue weighted by molar-refractivity contribution is -0.184. The van der Waals surface area contributed by atoms with Gasteiger partial charge in [0, 0.05) is 6.92 Å². The summed E-state index contributed by atoms with van der Waals surface area (Å²) < 4.78 is 0. The maximum Gasteiger partial charge on any atom is 0.243 e. The second-order valence-electron chi connectivity index (χ2n) is 4.68. The number of hydrogen-bond acceptors (Lipinski definition) is 2. The standard InChI is InChI=1S/C14H19NO2/c1-11-10-14(17-15(11)12(2)16)9-8-13-6-4-3-5-7-13/h3-7,11,14H,8-10H2,1-2H3. The zero-order valence-corrected chi connectivity index (χ0v) is 10.4. The fraction of sp³-hybridized carbons (Fsp3) is 0.500. The van der Waals surface area contributed by atoms with Crippen molar-refractivity contribution in [3.63, 3.8) is 0 Å². The van der Waals surface area contributed by atoms with Gasteiger partial charge in [0.1, 0.15) is 0 Å². The lowest BCUT2D eigenvalue weighted by atomic mass is 10.0. The van der Waals surface area contributed by atoms with E-state index in [-0.39, 0.29) is 18.1 Å². The molecular formula is C14H19NO2. The average Bonchev–Trinajstić information content (AvgIpc) is 2.69. The van der Waals surface area contributed by atoms with Crippen LogP contribution in [0.2, 0.25) is 0 Å². The van der Waals surface area contributed by atoms with Gasteiger partial charge in [-0.15, -0.1) is 0 Å². The average molecular weight is 233 g/mol. The molecule has 92 valence electrons. The molecule has 3 heteroatoms. The second kappa shape index (κ2) is 5.32. The number of nitrogens with zero attached hydrogens (tertiary/aromatic N) is 1. The number of carbonyl (C=O) groups excluding carboxylic acids is 1. The molecule has 0 spiro atoms. The van der Waals surface area contributed by atoms with Crippen LogP contribution in [-0.4, -0.2) is 23.1 Å². The molecule has 2 unspecified atom stereocenters. The van der Waals surface area contributed by atoms with Crippen LogP contribution in [0.3, 0.4) is 0 Å². The zero-order chi connectivity index (χ0) is 12.3. The van der Waals surface area contributed by atoms with Gasteiger partial charge in [-0.1, -0.05) is 30.3 Å². The van der Waals surface area contributed by atoms with Crippen molar-refractivity contribution in [1.82, 2.24) is 5.06 Å². The zero-order valence-electron chi connectivity index (χ0n) is 10.4. The molecule has 1 aliphatic rings. The molecule has 0 aromatic heterocycles. The normalized spacial score (nSPS) is 24.0. The van der Waals surface area contributed by atoms with E-state index in [9.17, 15) is 4.79 Å². The Morgan fingerprint density at radius 1 is 1.41 bits per heavy atom. The van der Waals surface area contributed by atoms with E-state index in [1.54, 1.807) is 6.92 Å². The van der Waals surface area contributed by atoms with Crippen LogP contribution < -0.4 is 0 Å². The van der Waals surface area contributed by atoms with Gasteiger partial charge in [0.25, 0.3) is 0 Å². The van der Waals surface area contributed by atoms with Gasteiger partial charge < -0.3 is 0 Å². The third-order valence-corrected chi connectivity index (χ3v) is 3.18. The van der Waals surface area contributed by atoms with Gasteiger partial charge in [-0.3, -0.25) is 9.63 Å². The first-order chi connectivity index (χ1) is 8.16. The van der Waals surface area contributed by atoms with E-state index in [2.05, 4.69) is 24.3 Å². The number of rotatable bonds is 3. The predicted molar refractivity (Wildman–Crippen MR) is 66.2 cm³/mol. The van der Waals surface area contributed by atoms with Crippen molar-refractivity contribution in [3.05, 3.63) is 35.9 Å². The molecule has 0 radical (unpaired) electrons. The van der Waals surface area contributed by atoms with Crippen LogP contribution in [0.4, 0.5) is 0 Å². The molecule has 0 saturated carbocycles. The maximum atomic E-state index is 11.3. The van der Waals surface area contributed by atoms with Crippen LogP contribution in [0.25, 0.3) is 0 Å². The largest absolute Gasteiger partial charge is 0.273 e. The molecule has 0 bridgehead atoms. The highest BCUT2D eigenvalue weighted by atomic mass is 16.7. The number of benzene rings is 1. The molecule has 1 fully saturated rings. The Kier molecular flexibility index (Phi) is 3.79. The lowest BCUT2D eigenvalue weighted by Gasteiger charge is -2.17. The van der Waals surface area contributed by atoms with Gasteiger partial charge in [-0.05, 0) is 31.7 Å². The second-order valence-corrected chi connectivity index (χ2v) is 4.68. The number of hydrogen-bond donors (Lipinski definition) is 0. The Morgan fingerprint density at radius 2 is 2.12 bits per heavy atom. The molecule has 17 heavy (non-hydrogen) atoms. The van der Waals surface area contributed by atoms with Gasteiger partial charge in [0.05, 0.1) is 12.1 Å². The Hall–Kier alpha value is -1.35. The highest BCUT2D eigenvalue weighted by Gasteiger charge is 2.31. The maximum absolute atomic E-state index is 11.3. The van der Waals surface area contributed by atoms with E-state index in [1.807, 2.05) is 13.0 Å². The first-order valence-electron chi connectivity index (χ1n) is 6.17. The van der Waals surface area contributed by atoms with Crippen molar-refractivity contribution in [1.29, 1.82) is 0 Å². The molecule has 2 rings (SSSR count). The van der Waals surface area contributed by atoms with Crippen molar-refractivity contribution in [2.45, 2.75) is 45.3 Å². The molecule has 0 aliphatic carbocycles. The van der Waals surface area contributed by atoms with Gasteiger partial charge in [-0.25, -0.2) is 5.06 Å². The molecule has 3 nitrogen and oxygen atoms in total. The fourth-order valence-corrected chi connectivity index (χ4v) is 2.31. The fourth-order valence-electron chi connectivity index (χ4n) is 2.31. The van der Waals surface area contributed by atoms with Crippen LogP contribution in [0.15, 0.2) is 30.3 Å². The van der Waals surface area contributed by atoms with Crippen molar-refractivity contribution < 1.29 is 9.63 Å². The highest BCUT2D eigenvalue weighted by molar-refractivity contribution is 5.72. The van der Waals surface area contributed by atoms with Gasteiger partial charge in [0.15, 0.2) is 0 Å². The highest BCUT2D eigenvalue weighted by Crippen LogP contribution is 2.24. The molecular weight excluding hydrogens is 214 g/mol. The minimum absolute atomic E-state index is 0.000267. The Bertz CT molecular complexity index is 377. The molecule has 1 aliphatic heterocycles. The molecule has 1 aromatic rings. The summed E-state index contributed by atoms with van der Waals surface area (Å²) in [6.45, 7) is 3.58. The lowest BCUT2D eigenvalue weighted by Crippen LogP contribution is -2.30. The molecule has 1 amide bonds. The van der Waals surface area contributed by atoms with E-state index in [0.29, 0.717) is 0 Å². The van der Waals surface area contributed by atoms with Gasteiger partial charge in [0.2, 0.25) is 5.91 Å². The Balaban J connectivity index is 1.84. The van der Waals surface area contributed by atoms with E-state index >= 15 is 0 Å². The van der Waals surface area contributed by atoms with E-state index in [1.165, 1.54) is 10.6 Å². The number of aryl methyl sites for hydroxylation is 1. The molecule has 1 heterocycles. The quantitative estimate of drug-likeness (QED) is 0.803. The summed E-state index contributed by atoms with van der Waals surface area (Å²) in [5.74, 6) is -0.000267. The van der Waals surface area contributed by atoms with Crippen LogP contribution in [0.5, 0.6) is 0 Å². The first-order valence-corrected chi connectivity index (χ1v) is 6.17. The summed E-state index contributed by atoms with van der Waals surface area (Å²) in [4.78, 5) is 16.9. The van der Waals surface area contributed by atoms with E-state index in [0.717, 1.165) is 19.3 Å². The topological polar surface area (TPSA) is 29.5 Å². The summed E-state index contributed by atoms with van der Waals surface area (Å²) in [6.07, 6.45) is 3.09. The van der Waals surface area contributed by atoms with Crippen molar-refractivity contribution in [3.8, 4) is 0 Å². The summed E-state index contributed by atoms with van der Waals surface area (Å²) in [6, 6.07) is 10.6. The van der Waals surface area contributed by atoms with E-state index < -0.39 is 0 Å². The smallest absolute Gasteiger partial charge is 0.243 e. The number of carbonyl (C=O) groups is 1. The number of amides is 1. The Morgan fingerprint density at radius 3 is 2.71 bits per heavy atom. The van der Waals surface area contributed by atoms with Gasteiger partial charge >= 0.3 is 0 Å². The number of hydroxylamine groups is 2. The summed E-state index contributed by atoms with van der Waals surface area (Å²) in [7, 11) is 0. The van der Waals surface area contributed by atoms with Gasteiger partial charge in [-0.2, -0.15) is 0 Å². The minimum atomic E-state index is -0.000267. The van der Waals surface area contributed by atoms with Crippen LogP contribution in [-0.2, 0) is 16.1 Å². The summed E-state index contributed by atoms with van der Waals surface area (Å²) >= 11 is 0. The minimum Gasteiger partial charge on any atom is -0.273 e. The van der Waals surface area contributed by atoms with Crippen molar-refractivity contribution >= 4 is 5.91 Å². The predicted octanol–water partition coefficient (Wildman–Crippen LogP) is 2.56. The van der Waals surface area contributed by atoms with Crippen molar-refractivity contribution in [2.75, 3.05) is 0 Å². The Labute approximate surface area is 102 Å². The van der Waals surface area contributed by atoms with Crippen molar-refractivity contribution in [2.24, 2.45) is 0 Å². The third kappa shape index (κ3) is 3.07. The third-order valence-electron chi connectivity index (χ3n) is 3.18. The summed E-state index contributed by atoms with van der Waals surface area (Å²) in [5.41, 5.74) is 1.32. The van der Waals surface area contributed by atoms with E-state index in [4.69, 9.17) is 4.84 Å².